The average Bonchev–Trinajstić information content (AvgIpc) is 3.14. The summed E-state index contributed by atoms with van der Waals surface area (Å²) in [6.45, 7) is -0.0160. The second-order valence-corrected chi connectivity index (χ2v) is 7.05. The summed E-state index contributed by atoms with van der Waals surface area (Å²) in [5.74, 6) is -1.36. The number of aliphatic hydroxyl groups is 1. The van der Waals surface area contributed by atoms with Crippen LogP contribution in [0.4, 0.5) is 14.5 Å². The second-order valence-electron chi connectivity index (χ2n) is 7.05. The minimum atomic E-state index is -0.792. The van der Waals surface area contributed by atoms with Crippen molar-refractivity contribution in [2.45, 2.75) is 18.6 Å². The highest BCUT2D eigenvalue weighted by molar-refractivity contribution is 5.95. The van der Waals surface area contributed by atoms with Crippen molar-refractivity contribution in [3.05, 3.63) is 81.8 Å². The standard InChI is InChI=1S/C20H16F2N6O3/c21-11-3-1-10(2-4-11)18-16(19-23-9-24-28(19)5-6-29)17-15-13(20(30)26-25-17)7-12(22)8-14(15)27-31-18/h1-4,7-9,16,18,27,29H,5-6H2,(H,26,30). The van der Waals surface area contributed by atoms with Crippen molar-refractivity contribution in [1.82, 2.24) is 25.0 Å². The molecule has 11 heteroatoms. The predicted octanol–water partition coefficient (Wildman–Crippen LogP) is 2.02. The monoisotopic (exact) mass is 426 g/mol. The Morgan fingerprint density at radius 3 is 2.74 bits per heavy atom. The van der Waals surface area contributed by atoms with E-state index in [4.69, 9.17) is 4.84 Å². The van der Waals surface area contributed by atoms with Crippen LogP contribution in [0.25, 0.3) is 10.8 Å². The molecule has 5 rings (SSSR count). The first-order valence-electron chi connectivity index (χ1n) is 9.44. The molecule has 0 saturated carbocycles. The fourth-order valence-electron chi connectivity index (χ4n) is 3.88. The van der Waals surface area contributed by atoms with Gasteiger partial charge in [0, 0.05) is 5.39 Å². The van der Waals surface area contributed by atoms with Crippen LogP contribution in [0.2, 0.25) is 0 Å². The fraction of sp³-hybridized carbons (Fsp3) is 0.200. The van der Waals surface area contributed by atoms with Crippen LogP contribution in [0, 0.1) is 11.6 Å². The SMILES string of the molecule is O=c1[nH]nc2c3c(cc(F)cc13)NOC(c1ccc(F)cc1)C2c1ncnn1CCO. The van der Waals surface area contributed by atoms with E-state index in [1.165, 1.54) is 29.2 Å². The first-order chi connectivity index (χ1) is 15.1. The van der Waals surface area contributed by atoms with Crippen LogP contribution < -0.4 is 11.0 Å². The average molecular weight is 426 g/mol. The van der Waals surface area contributed by atoms with Crippen molar-refractivity contribution in [2.75, 3.05) is 12.1 Å². The molecule has 1 aliphatic heterocycles. The summed E-state index contributed by atoms with van der Waals surface area (Å²) in [5, 5.41) is 20.7. The Kier molecular flexibility index (Phi) is 4.68. The van der Waals surface area contributed by atoms with E-state index in [1.54, 1.807) is 12.1 Å². The lowest BCUT2D eigenvalue weighted by atomic mass is 9.89. The van der Waals surface area contributed by atoms with E-state index in [9.17, 15) is 18.7 Å². The Balaban J connectivity index is 1.80. The van der Waals surface area contributed by atoms with E-state index >= 15 is 0 Å². The van der Waals surface area contributed by atoms with Gasteiger partial charge in [0.25, 0.3) is 5.56 Å². The summed E-state index contributed by atoms with van der Waals surface area (Å²) in [4.78, 5) is 22.7. The molecule has 3 heterocycles. The van der Waals surface area contributed by atoms with Crippen molar-refractivity contribution in [3.63, 3.8) is 0 Å². The van der Waals surface area contributed by atoms with Gasteiger partial charge in [-0.25, -0.2) is 23.5 Å². The molecule has 0 amide bonds. The fourth-order valence-corrected chi connectivity index (χ4v) is 3.88. The Morgan fingerprint density at radius 1 is 1.16 bits per heavy atom. The zero-order valence-electron chi connectivity index (χ0n) is 15.9. The van der Waals surface area contributed by atoms with Gasteiger partial charge in [0.2, 0.25) is 0 Å². The van der Waals surface area contributed by atoms with Gasteiger partial charge in [0.15, 0.2) is 0 Å². The number of nitrogens with zero attached hydrogens (tertiary/aromatic N) is 4. The lowest BCUT2D eigenvalue weighted by molar-refractivity contribution is 0.0840. The van der Waals surface area contributed by atoms with Crippen molar-refractivity contribution in [1.29, 1.82) is 0 Å². The van der Waals surface area contributed by atoms with Crippen LogP contribution in [-0.4, -0.2) is 36.7 Å². The third-order valence-electron chi connectivity index (χ3n) is 5.21. The highest BCUT2D eigenvalue weighted by Crippen LogP contribution is 2.44. The number of rotatable bonds is 4. The predicted molar refractivity (Wildman–Crippen MR) is 105 cm³/mol. The molecular weight excluding hydrogens is 410 g/mol. The molecule has 2 aromatic carbocycles. The molecule has 2 aromatic heterocycles. The summed E-state index contributed by atoms with van der Waals surface area (Å²) in [7, 11) is 0. The highest BCUT2D eigenvalue weighted by Gasteiger charge is 2.37. The first kappa shape index (κ1) is 19.3. The van der Waals surface area contributed by atoms with E-state index in [1.807, 2.05) is 0 Å². The topological polar surface area (TPSA) is 118 Å². The van der Waals surface area contributed by atoms with Gasteiger partial charge in [0.05, 0.1) is 35.8 Å². The minimum absolute atomic E-state index is 0.0917. The van der Waals surface area contributed by atoms with Crippen LogP contribution in [-0.2, 0) is 11.4 Å². The molecule has 2 atom stereocenters. The van der Waals surface area contributed by atoms with Crippen molar-refractivity contribution >= 4 is 16.5 Å². The summed E-state index contributed by atoms with van der Waals surface area (Å²) >= 11 is 0. The number of aromatic nitrogens is 5. The highest BCUT2D eigenvalue weighted by atomic mass is 19.1. The third-order valence-corrected chi connectivity index (χ3v) is 5.21. The number of halogens is 2. The third kappa shape index (κ3) is 3.23. The number of benzene rings is 2. The van der Waals surface area contributed by atoms with Gasteiger partial charge in [-0.05, 0) is 29.8 Å². The molecule has 31 heavy (non-hydrogen) atoms. The maximum atomic E-state index is 14.2. The maximum absolute atomic E-state index is 14.2. The van der Waals surface area contributed by atoms with Crippen LogP contribution in [0.5, 0.6) is 0 Å². The Bertz CT molecular complexity index is 1320. The van der Waals surface area contributed by atoms with Crippen molar-refractivity contribution in [3.8, 4) is 0 Å². The largest absolute Gasteiger partial charge is 0.394 e. The van der Waals surface area contributed by atoms with Gasteiger partial charge < -0.3 is 5.11 Å². The molecule has 4 aromatic rings. The van der Waals surface area contributed by atoms with Crippen LogP contribution >= 0.6 is 0 Å². The second kappa shape index (κ2) is 7.52. The minimum Gasteiger partial charge on any atom is -0.394 e. The van der Waals surface area contributed by atoms with Gasteiger partial charge in [0.1, 0.15) is 29.9 Å². The van der Waals surface area contributed by atoms with E-state index in [0.717, 1.165) is 6.07 Å². The number of anilines is 1. The molecule has 0 radical (unpaired) electrons. The molecule has 1 aliphatic rings. The summed E-state index contributed by atoms with van der Waals surface area (Å²) in [6.07, 6.45) is 0.541. The maximum Gasteiger partial charge on any atom is 0.272 e. The van der Waals surface area contributed by atoms with Gasteiger partial charge in [-0.3, -0.25) is 15.1 Å². The lowest BCUT2D eigenvalue weighted by Gasteiger charge is -2.24. The summed E-state index contributed by atoms with van der Waals surface area (Å²) in [6, 6.07) is 8.03. The van der Waals surface area contributed by atoms with E-state index in [2.05, 4.69) is 25.8 Å². The Hall–Kier alpha value is -3.70. The molecule has 0 bridgehead atoms. The number of aliphatic hydroxyl groups excluding tert-OH is 1. The lowest BCUT2D eigenvalue weighted by Crippen LogP contribution is -2.23. The molecule has 3 N–H and O–H groups in total. The van der Waals surface area contributed by atoms with Crippen LogP contribution in [0.3, 0.4) is 0 Å². The van der Waals surface area contributed by atoms with Crippen molar-refractivity contribution in [2.24, 2.45) is 0 Å². The van der Waals surface area contributed by atoms with Gasteiger partial charge >= 0.3 is 0 Å². The van der Waals surface area contributed by atoms with E-state index in [0.29, 0.717) is 22.5 Å². The quantitative estimate of drug-likeness (QED) is 0.457. The number of nitrogens with one attached hydrogen (secondary N) is 2. The molecular formula is C20H16F2N6O3. The molecule has 0 fully saturated rings. The van der Waals surface area contributed by atoms with Gasteiger partial charge in [-0.2, -0.15) is 10.2 Å². The Morgan fingerprint density at radius 2 is 1.97 bits per heavy atom. The van der Waals surface area contributed by atoms with E-state index < -0.39 is 29.2 Å². The van der Waals surface area contributed by atoms with Gasteiger partial charge in [-0.1, -0.05) is 12.1 Å². The molecule has 0 saturated heterocycles. The van der Waals surface area contributed by atoms with Crippen LogP contribution in [0.1, 0.15) is 29.1 Å². The molecule has 2 unspecified atom stereocenters. The molecule has 9 nitrogen and oxygen atoms in total. The number of H-pyrrole nitrogens is 1. The molecule has 0 aliphatic carbocycles. The molecule has 0 spiro atoms. The van der Waals surface area contributed by atoms with Gasteiger partial charge in [-0.15, -0.1) is 0 Å². The summed E-state index contributed by atoms with van der Waals surface area (Å²) < 4.78 is 29.2. The van der Waals surface area contributed by atoms with Crippen molar-refractivity contribution < 1.29 is 18.7 Å². The Labute approximate surface area is 173 Å². The number of hydrogen-bond donors (Lipinski definition) is 3. The van der Waals surface area contributed by atoms with Crippen LogP contribution in [0.15, 0.2) is 47.5 Å². The summed E-state index contributed by atoms with van der Waals surface area (Å²) in [5.41, 5.74) is 3.36. The molecule has 158 valence electrons. The number of hydrogen-bond acceptors (Lipinski definition) is 7. The zero-order chi connectivity index (χ0) is 21.5. The normalized spacial score (nSPS) is 18.0. The first-order valence-corrected chi connectivity index (χ1v) is 9.44. The van der Waals surface area contributed by atoms with E-state index in [-0.39, 0.29) is 24.2 Å². The zero-order valence-corrected chi connectivity index (χ0v) is 15.9. The number of aromatic amines is 1. The smallest absolute Gasteiger partial charge is 0.272 e.